The van der Waals surface area contributed by atoms with E-state index in [1.165, 1.54) is 14.2 Å². The molecule has 0 atom stereocenters. The van der Waals surface area contributed by atoms with Gasteiger partial charge in [0.1, 0.15) is 11.3 Å². The number of nitrogens with one attached hydrogen (secondary N) is 2. The molecule has 0 aliphatic carbocycles. The average Bonchev–Trinajstić information content (AvgIpc) is 2.52. The van der Waals surface area contributed by atoms with Gasteiger partial charge in [-0.15, -0.1) is 24.0 Å². The molecule has 22 heavy (non-hydrogen) atoms. The fourth-order valence-electron chi connectivity index (χ4n) is 1.79. The summed E-state index contributed by atoms with van der Waals surface area (Å²) in [7, 11) is 2.87. The van der Waals surface area contributed by atoms with E-state index in [2.05, 4.69) is 15.6 Å². The van der Waals surface area contributed by atoms with Gasteiger partial charge in [0.15, 0.2) is 5.96 Å². The number of carbonyl (C=O) groups is 1. The van der Waals surface area contributed by atoms with Gasteiger partial charge in [-0.05, 0) is 31.5 Å². The van der Waals surface area contributed by atoms with Gasteiger partial charge in [0.25, 0.3) is 0 Å². The van der Waals surface area contributed by atoms with Crippen LogP contribution in [0.2, 0.25) is 0 Å². The highest BCUT2D eigenvalue weighted by Gasteiger charge is 2.12. The zero-order valence-electron chi connectivity index (χ0n) is 13.4. The van der Waals surface area contributed by atoms with Crippen LogP contribution in [-0.4, -0.2) is 39.2 Å². The number of rotatable bonds is 6. The Kier molecular flexibility index (Phi) is 10.3. The number of ether oxygens (including phenoxy) is 2. The van der Waals surface area contributed by atoms with Crippen molar-refractivity contribution in [3.05, 3.63) is 29.3 Å². The molecule has 0 saturated heterocycles. The number of hydrogen-bond acceptors (Lipinski definition) is 4. The summed E-state index contributed by atoms with van der Waals surface area (Å²) in [6, 6.07) is 5.33. The molecule has 0 bridgehead atoms. The molecule has 0 radical (unpaired) electrons. The molecule has 0 aliphatic rings. The van der Waals surface area contributed by atoms with Crippen molar-refractivity contribution in [1.82, 2.24) is 10.6 Å². The second-order valence-electron chi connectivity index (χ2n) is 4.25. The average molecular weight is 421 g/mol. The number of esters is 1. The Morgan fingerprint density at radius 2 is 1.82 bits per heavy atom. The summed E-state index contributed by atoms with van der Waals surface area (Å²) in [5.41, 5.74) is 1.36. The molecule has 124 valence electrons. The Hall–Kier alpha value is -1.51. The highest BCUT2D eigenvalue weighted by Crippen LogP contribution is 2.21. The van der Waals surface area contributed by atoms with Crippen molar-refractivity contribution < 1.29 is 14.3 Å². The van der Waals surface area contributed by atoms with E-state index >= 15 is 0 Å². The molecule has 6 nitrogen and oxygen atoms in total. The Morgan fingerprint density at radius 1 is 1.18 bits per heavy atom. The third-order valence-electron chi connectivity index (χ3n) is 2.78. The lowest BCUT2D eigenvalue weighted by Crippen LogP contribution is -2.36. The lowest BCUT2D eigenvalue weighted by atomic mass is 10.1. The van der Waals surface area contributed by atoms with Gasteiger partial charge < -0.3 is 20.1 Å². The number of aliphatic imine (C=N–C) groups is 1. The van der Waals surface area contributed by atoms with E-state index in [1.54, 1.807) is 12.1 Å². The maximum absolute atomic E-state index is 11.6. The third kappa shape index (κ3) is 6.08. The maximum Gasteiger partial charge on any atom is 0.341 e. The molecule has 0 fully saturated rings. The Bertz CT molecular complexity index is 499. The minimum atomic E-state index is -0.414. The Balaban J connectivity index is 0.00000441. The summed E-state index contributed by atoms with van der Waals surface area (Å²) in [5, 5.41) is 6.31. The van der Waals surface area contributed by atoms with Crippen LogP contribution in [0.1, 0.15) is 29.8 Å². The number of carbonyl (C=O) groups excluding carboxylic acids is 1. The largest absolute Gasteiger partial charge is 0.496 e. The number of halogens is 1. The first kappa shape index (κ1) is 20.5. The van der Waals surface area contributed by atoms with E-state index in [9.17, 15) is 4.79 Å². The predicted octanol–water partition coefficient (Wildman–Crippen LogP) is 2.17. The van der Waals surface area contributed by atoms with Crippen LogP contribution in [0.25, 0.3) is 0 Å². The van der Waals surface area contributed by atoms with Gasteiger partial charge in [0.05, 0.1) is 20.8 Å². The van der Waals surface area contributed by atoms with Gasteiger partial charge in [-0.1, -0.05) is 6.07 Å². The van der Waals surface area contributed by atoms with Gasteiger partial charge in [-0.2, -0.15) is 0 Å². The second-order valence-corrected chi connectivity index (χ2v) is 4.25. The molecule has 0 saturated carbocycles. The van der Waals surface area contributed by atoms with Crippen molar-refractivity contribution >= 4 is 35.9 Å². The van der Waals surface area contributed by atoms with E-state index in [0.29, 0.717) is 17.9 Å². The standard InChI is InChI=1S/C15H23N3O3.HI/c1-5-16-15(17-6-2)18-10-11-7-8-12(14(19)21-4)13(9-11)20-3;/h7-9H,5-6,10H2,1-4H3,(H2,16,17,18);1H. The first-order valence-electron chi connectivity index (χ1n) is 6.93. The van der Waals surface area contributed by atoms with Crippen molar-refractivity contribution in [2.75, 3.05) is 27.3 Å². The molecule has 1 rings (SSSR count). The van der Waals surface area contributed by atoms with Crippen molar-refractivity contribution in [2.24, 2.45) is 4.99 Å². The molecule has 0 heterocycles. The molecule has 0 spiro atoms. The van der Waals surface area contributed by atoms with E-state index < -0.39 is 5.97 Å². The predicted molar refractivity (Wildman–Crippen MR) is 98.2 cm³/mol. The van der Waals surface area contributed by atoms with Crippen LogP contribution in [-0.2, 0) is 11.3 Å². The number of hydrogen-bond donors (Lipinski definition) is 2. The molecule has 0 aromatic heterocycles. The van der Waals surface area contributed by atoms with Crippen LogP contribution in [0.3, 0.4) is 0 Å². The van der Waals surface area contributed by atoms with Crippen LogP contribution in [0.5, 0.6) is 5.75 Å². The van der Waals surface area contributed by atoms with Crippen LogP contribution < -0.4 is 15.4 Å². The summed E-state index contributed by atoms with van der Waals surface area (Å²) in [6.45, 7) is 6.13. The Labute approximate surface area is 148 Å². The number of methoxy groups -OCH3 is 2. The highest BCUT2D eigenvalue weighted by molar-refractivity contribution is 14.0. The summed E-state index contributed by atoms with van der Waals surface area (Å²) in [4.78, 5) is 16.1. The van der Waals surface area contributed by atoms with E-state index in [4.69, 9.17) is 9.47 Å². The second kappa shape index (κ2) is 11.1. The fourth-order valence-corrected chi connectivity index (χ4v) is 1.79. The first-order chi connectivity index (χ1) is 10.2. The van der Waals surface area contributed by atoms with E-state index in [1.807, 2.05) is 19.9 Å². The minimum Gasteiger partial charge on any atom is -0.496 e. The topological polar surface area (TPSA) is 72.0 Å². The summed E-state index contributed by atoms with van der Waals surface area (Å²) in [6.07, 6.45) is 0. The molecule has 0 unspecified atom stereocenters. The van der Waals surface area contributed by atoms with Crippen LogP contribution in [0.4, 0.5) is 0 Å². The monoisotopic (exact) mass is 421 g/mol. The van der Waals surface area contributed by atoms with Crippen LogP contribution in [0, 0.1) is 0 Å². The zero-order valence-corrected chi connectivity index (χ0v) is 15.8. The molecule has 1 aromatic carbocycles. The first-order valence-corrected chi connectivity index (χ1v) is 6.93. The van der Waals surface area contributed by atoms with E-state index in [0.717, 1.165) is 24.6 Å². The lowest BCUT2D eigenvalue weighted by molar-refractivity contribution is 0.0597. The number of guanidine groups is 1. The highest BCUT2D eigenvalue weighted by atomic mass is 127. The molecule has 0 aliphatic heterocycles. The van der Waals surface area contributed by atoms with Crippen molar-refractivity contribution in [2.45, 2.75) is 20.4 Å². The van der Waals surface area contributed by atoms with E-state index in [-0.39, 0.29) is 24.0 Å². The third-order valence-corrected chi connectivity index (χ3v) is 2.78. The SMILES string of the molecule is CCNC(=NCc1ccc(C(=O)OC)c(OC)c1)NCC.I. The van der Waals surface area contributed by atoms with Crippen molar-refractivity contribution in [3.8, 4) is 5.75 Å². The molecule has 2 N–H and O–H groups in total. The van der Waals surface area contributed by atoms with Gasteiger partial charge in [0, 0.05) is 13.1 Å². The van der Waals surface area contributed by atoms with Crippen molar-refractivity contribution in [3.63, 3.8) is 0 Å². The normalized spacial score (nSPS) is 9.27. The smallest absolute Gasteiger partial charge is 0.341 e. The fraction of sp³-hybridized carbons (Fsp3) is 0.467. The van der Waals surface area contributed by atoms with Gasteiger partial charge >= 0.3 is 5.97 Å². The quantitative estimate of drug-likeness (QED) is 0.319. The maximum atomic E-state index is 11.6. The van der Waals surface area contributed by atoms with Crippen LogP contribution in [0.15, 0.2) is 23.2 Å². The summed E-state index contributed by atoms with van der Waals surface area (Å²) < 4.78 is 9.94. The Morgan fingerprint density at radius 3 is 2.32 bits per heavy atom. The lowest BCUT2D eigenvalue weighted by Gasteiger charge is -2.10. The number of benzene rings is 1. The van der Waals surface area contributed by atoms with Crippen LogP contribution >= 0.6 is 24.0 Å². The summed E-state index contributed by atoms with van der Waals surface area (Å²) >= 11 is 0. The molecular formula is C15H24IN3O3. The summed E-state index contributed by atoms with van der Waals surface area (Å²) in [5.74, 6) is 0.835. The van der Waals surface area contributed by atoms with Crippen molar-refractivity contribution in [1.29, 1.82) is 0 Å². The minimum absolute atomic E-state index is 0. The zero-order chi connectivity index (χ0) is 15.7. The molecular weight excluding hydrogens is 397 g/mol. The van der Waals surface area contributed by atoms with Gasteiger partial charge in [-0.25, -0.2) is 9.79 Å². The number of nitrogens with zero attached hydrogens (tertiary/aromatic N) is 1. The van der Waals surface area contributed by atoms with Gasteiger partial charge in [0.2, 0.25) is 0 Å². The molecule has 7 heteroatoms. The van der Waals surface area contributed by atoms with Gasteiger partial charge in [-0.3, -0.25) is 0 Å². The molecule has 0 amide bonds. The molecule has 1 aromatic rings.